The highest BCUT2D eigenvalue weighted by Gasteiger charge is 2.06. The zero-order valence-electron chi connectivity index (χ0n) is 9.88. The van der Waals surface area contributed by atoms with E-state index in [1.165, 1.54) is 0 Å². The Morgan fingerprint density at radius 1 is 1.62 bits per heavy atom. The van der Waals surface area contributed by atoms with Crippen LogP contribution in [0, 0.1) is 5.92 Å². The third-order valence-corrected chi connectivity index (χ3v) is 2.19. The predicted octanol–water partition coefficient (Wildman–Crippen LogP) is 1.27. The number of hydrogen-bond acceptors (Lipinski definition) is 4. The lowest BCUT2D eigenvalue weighted by Crippen LogP contribution is -2.23. The lowest BCUT2D eigenvalue weighted by atomic mass is 10.2. The predicted molar refractivity (Wildman–Crippen MR) is 64.9 cm³/mol. The minimum atomic E-state index is 0.0276. The maximum Gasteiger partial charge on any atom is 0.188 e. The molecule has 1 aromatic heterocycles. The van der Waals surface area contributed by atoms with Gasteiger partial charge in [-0.25, -0.2) is 0 Å². The summed E-state index contributed by atoms with van der Waals surface area (Å²) in [5.74, 6) is 0.602. The van der Waals surface area contributed by atoms with Crippen molar-refractivity contribution in [3.8, 4) is 0 Å². The quantitative estimate of drug-likeness (QED) is 0.348. The van der Waals surface area contributed by atoms with Crippen molar-refractivity contribution >= 4 is 11.5 Å². The Hall–Kier alpha value is -1.78. The molecule has 0 aliphatic rings. The Morgan fingerprint density at radius 3 is 2.88 bits per heavy atom. The van der Waals surface area contributed by atoms with Crippen LogP contribution in [0.2, 0.25) is 0 Å². The van der Waals surface area contributed by atoms with Gasteiger partial charge < -0.3 is 15.8 Å². The summed E-state index contributed by atoms with van der Waals surface area (Å²) >= 11 is 0. The Bertz CT molecular complexity index is 376. The first-order valence-electron chi connectivity index (χ1n) is 5.19. The lowest BCUT2D eigenvalue weighted by Gasteiger charge is -2.21. The van der Waals surface area contributed by atoms with Gasteiger partial charge in [-0.05, 0) is 18.1 Å². The molecular weight excluding hydrogens is 204 g/mol. The average molecular weight is 222 g/mol. The maximum atomic E-state index is 8.57. The fourth-order valence-electron chi connectivity index (χ4n) is 1.50. The summed E-state index contributed by atoms with van der Waals surface area (Å²) in [7, 11) is 2.01. The Labute approximate surface area is 95.6 Å². The minimum absolute atomic E-state index is 0.0276. The van der Waals surface area contributed by atoms with Gasteiger partial charge in [-0.2, -0.15) is 0 Å². The number of pyridine rings is 1. The van der Waals surface area contributed by atoms with Crippen LogP contribution in [0.1, 0.15) is 19.5 Å². The third-order valence-electron chi connectivity index (χ3n) is 2.19. The van der Waals surface area contributed by atoms with Gasteiger partial charge in [0.1, 0.15) is 5.69 Å². The zero-order valence-corrected chi connectivity index (χ0v) is 9.88. The molecule has 1 rings (SSSR count). The lowest BCUT2D eigenvalue weighted by molar-refractivity contribution is 0.318. The highest BCUT2D eigenvalue weighted by atomic mass is 16.4. The fourth-order valence-corrected chi connectivity index (χ4v) is 1.50. The Balaban J connectivity index is 2.90. The van der Waals surface area contributed by atoms with Crippen LogP contribution >= 0.6 is 0 Å². The Kier molecular flexibility index (Phi) is 4.10. The van der Waals surface area contributed by atoms with Crippen LogP contribution in [0.3, 0.4) is 0 Å². The van der Waals surface area contributed by atoms with Crippen molar-refractivity contribution in [3.05, 3.63) is 24.0 Å². The summed E-state index contributed by atoms with van der Waals surface area (Å²) < 4.78 is 0. The number of oxime groups is 1. The monoisotopic (exact) mass is 222 g/mol. The summed E-state index contributed by atoms with van der Waals surface area (Å²) in [5.41, 5.74) is 6.97. The molecule has 0 unspecified atom stereocenters. The van der Waals surface area contributed by atoms with Crippen molar-refractivity contribution in [2.24, 2.45) is 16.8 Å². The van der Waals surface area contributed by atoms with Crippen LogP contribution < -0.4 is 10.6 Å². The van der Waals surface area contributed by atoms with Crippen molar-refractivity contribution in [1.29, 1.82) is 0 Å². The van der Waals surface area contributed by atoms with E-state index in [9.17, 15) is 0 Å². The number of aromatic nitrogens is 1. The summed E-state index contributed by atoms with van der Waals surface area (Å²) in [6, 6.07) is 3.70. The SMILES string of the molecule is CC(C)CN(C)c1ccnc(C(N)=NO)c1. The van der Waals surface area contributed by atoms with Crippen LogP contribution in [0.15, 0.2) is 23.5 Å². The standard InChI is InChI=1S/C11H18N4O/c1-8(2)7-15(3)9-4-5-13-10(6-9)11(12)14-16/h4-6,8,16H,7H2,1-3H3,(H2,12,14). The van der Waals surface area contributed by atoms with E-state index in [2.05, 4.69) is 28.9 Å². The molecule has 0 bridgehead atoms. The van der Waals surface area contributed by atoms with Gasteiger partial charge in [-0.1, -0.05) is 19.0 Å². The molecule has 0 atom stereocenters. The largest absolute Gasteiger partial charge is 0.409 e. The van der Waals surface area contributed by atoms with Crippen molar-refractivity contribution in [2.75, 3.05) is 18.5 Å². The number of rotatable bonds is 4. The first-order chi connectivity index (χ1) is 7.54. The zero-order chi connectivity index (χ0) is 12.1. The molecule has 3 N–H and O–H groups in total. The van der Waals surface area contributed by atoms with Gasteiger partial charge in [0.15, 0.2) is 5.84 Å². The van der Waals surface area contributed by atoms with Crippen molar-refractivity contribution < 1.29 is 5.21 Å². The topological polar surface area (TPSA) is 74.7 Å². The molecule has 0 saturated carbocycles. The molecule has 16 heavy (non-hydrogen) atoms. The molecule has 0 fully saturated rings. The van der Waals surface area contributed by atoms with Crippen molar-refractivity contribution in [1.82, 2.24) is 4.98 Å². The molecule has 0 aliphatic carbocycles. The van der Waals surface area contributed by atoms with Crippen LogP contribution in [0.25, 0.3) is 0 Å². The van der Waals surface area contributed by atoms with Crippen LogP contribution in [0.5, 0.6) is 0 Å². The molecule has 0 amide bonds. The van der Waals surface area contributed by atoms with E-state index in [4.69, 9.17) is 10.9 Å². The van der Waals surface area contributed by atoms with E-state index in [1.54, 1.807) is 12.3 Å². The van der Waals surface area contributed by atoms with Crippen molar-refractivity contribution in [3.63, 3.8) is 0 Å². The van der Waals surface area contributed by atoms with E-state index in [0.717, 1.165) is 12.2 Å². The second kappa shape index (κ2) is 5.34. The first kappa shape index (κ1) is 12.3. The minimum Gasteiger partial charge on any atom is -0.409 e. The van der Waals surface area contributed by atoms with Gasteiger partial charge in [-0.15, -0.1) is 0 Å². The van der Waals surface area contributed by atoms with Gasteiger partial charge in [0.25, 0.3) is 0 Å². The van der Waals surface area contributed by atoms with E-state index >= 15 is 0 Å². The van der Waals surface area contributed by atoms with E-state index < -0.39 is 0 Å². The molecule has 0 radical (unpaired) electrons. The molecule has 0 saturated heterocycles. The molecule has 1 heterocycles. The highest BCUT2D eigenvalue weighted by Crippen LogP contribution is 2.14. The van der Waals surface area contributed by atoms with E-state index in [0.29, 0.717) is 11.6 Å². The number of nitrogens with zero attached hydrogens (tertiary/aromatic N) is 3. The maximum absolute atomic E-state index is 8.57. The highest BCUT2D eigenvalue weighted by molar-refractivity contribution is 5.95. The molecule has 5 nitrogen and oxygen atoms in total. The Morgan fingerprint density at radius 2 is 2.31 bits per heavy atom. The van der Waals surface area contributed by atoms with Gasteiger partial charge in [0.2, 0.25) is 0 Å². The number of amidine groups is 1. The van der Waals surface area contributed by atoms with Gasteiger partial charge in [-0.3, -0.25) is 4.98 Å². The summed E-state index contributed by atoms with van der Waals surface area (Å²) in [5, 5.41) is 11.5. The van der Waals surface area contributed by atoms with Crippen LogP contribution in [0.4, 0.5) is 5.69 Å². The molecule has 0 aliphatic heterocycles. The number of anilines is 1. The molecule has 1 aromatic rings. The number of hydrogen-bond donors (Lipinski definition) is 2. The van der Waals surface area contributed by atoms with Crippen molar-refractivity contribution in [2.45, 2.75) is 13.8 Å². The summed E-state index contributed by atoms with van der Waals surface area (Å²) in [6.07, 6.45) is 1.65. The second-order valence-corrected chi connectivity index (χ2v) is 4.16. The van der Waals surface area contributed by atoms with Gasteiger partial charge in [0, 0.05) is 25.5 Å². The second-order valence-electron chi connectivity index (χ2n) is 4.16. The van der Waals surface area contributed by atoms with Gasteiger partial charge in [0.05, 0.1) is 0 Å². The molecule has 5 heteroatoms. The summed E-state index contributed by atoms with van der Waals surface area (Å²) in [4.78, 5) is 6.14. The smallest absolute Gasteiger partial charge is 0.188 e. The molecule has 0 spiro atoms. The number of nitrogens with two attached hydrogens (primary N) is 1. The molecule has 0 aromatic carbocycles. The van der Waals surface area contributed by atoms with E-state index in [-0.39, 0.29) is 5.84 Å². The average Bonchev–Trinajstić information content (AvgIpc) is 2.27. The van der Waals surface area contributed by atoms with E-state index in [1.807, 2.05) is 13.1 Å². The van der Waals surface area contributed by atoms with Crippen LogP contribution in [-0.4, -0.2) is 29.6 Å². The van der Waals surface area contributed by atoms with Crippen LogP contribution in [-0.2, 0) is 0 Å². The normalized spacial score (nSPS) is 11.9. The molecular formula is C11H18N4O. The fraction of sp³-hybridized carbons (Fsp3) is 0.455. The molecule has 88 valence electrons. The van der Waals surface area contributed by atoms with Gasteiger partial charge >= 0.3 is 0 Å². The summed E-state index contributed by atoms with van der Waals surface area (Å²) in [6.45, 7) is 5.25. The first-order valence-corrected chi connectivity index (χ1v) is 5.19. The third kappa shape index (κ3) is 3.12.